The summed E-state index contributed by atoms with van der Waals surface area (Å²) in [6.07, 6.45) is 1.59. The predicted molar refractivity (Wildman–Crippen MR) is 178 cm³/mol. The van der Waals surface area contributed by atoms with Crippen LogP contribution in [0, 0.1) is 6.92 Å². The largest absolute Gasteiger partial charge is 0.496 e. The highest BCUT2D eigenvalue weighted by atomic mass is 16.5. The highest BCUT2D eigenvalue weighted by Gasteiger charge is 2.19. The Morgan fingerprint density at radius 2 is 1.80 bits per heavy atom. The molecule has 0 aliphatic heterocycles. The summed E-state index contributed by atoms with van der Waals surface area (Å²) in [5, 5.41) is 14.5. The number of aryl methyl sites for hydroxylation is 1. The van der Waals surface area contributed by atoms with Gasteiger partial charge < -0.3 is 19.5 Å². The summed E-state index contributed by atoms with van der Waals surface area (Å²) in [5.74, 6) is 0.888. The van der Waals surface area contributed by atoms with Crippen LogP contribution in [0.4, 0.5) is 5.69 Å². The van der Waals surface area contributed by atoms with Gasteiger partial charge in [0.05, 0.1) is 29.8 Å². The van der Waals surface area contributed by atoms with Crippen molar-refractivity contribution in [3.8, 4) is 22.9 Å². The molecule has 0 spiro atoms. The van der Waals surface area contributed by atoms with E-state index in [0.717, 1.165) is 28.1 Å². The van der Waals surface area contributed by atoms with Crippen molar-refractivity contribution in [1.82, 2.24) is 9.66 Å². The zero-order valence-corrected chi connectivity index (χ0v) is 26.2. The lowest BCUT2D eigenvalue weighted by molar-refractivity contribution is 0.0696. The van der Waals surface area contributed by atoms with E-state index >= 15 is 0 Å². The fourth-order valence-electron chi connectivity index (χ4n) is 5.08. The van der Waals surface area contributed by atoms with E-state index in [1.807, 2.05) is 74.4 Å². The van der Waals surface area contributed by atoms with Gasteiger partial charge in [-0.1, -0.05) is 38.1 Å². The van der Waals surface area contributed by atoms with Crippen molar-refractivity contribution in [2.45, 2.75) is 33.3 Å². The molecule has 0 radical (unpaired) electrons. The van der Waals surface area contributed by atoms with Gasteiger partial charge in [0.15, 0.2) is 5.82 Å². The van der Waals surface area contributed by atoms with Crippen molar-refractivity contribution in [3.05, 3.63) is 117 Å². The van der Waals surface area contributed by atoms with Gasteiger partial charge >= 0.3 is 5.97 Å². The lowest BCUT2D eigenvalue weighted by atomic mass is 9.96. The number of carbonyl (C=O) groups is 1. The number of nitrogens with zero attached hydrogens (tertiary/aromatic N) is 4. The third kappa shape index (κ3) is 6.57. The zero-order valence-electron chi connectivity index (χ0n) is 26.2. The van der Waals surface area contributed by atoms with Crippen molar-refractivity contribution >= 4 is 28.8 Å². The topological polar surface area (TPSA) is 106 Å². The maximum Gasteiger partial charge on any atom is 0.335 e. The molecule has 0 amide bonds. The lowest BCUT2D eigenvalue weighted by Gasteiger charge is -2.18. The molecular weight excluding hydrogens is 568 g/mol. The van der Waals surface area contributed by atoms with Crippen LogP contribution < -0.4 is 19.9 Å². The Morgan fingerprint density at radius 3 is 2.51 bits per heavy atom. The molecule has 1 N–H and O–H groups in total. The van der Waals surface area contributed by atoms with Crippen LogP contribution in [0.15, 0.2) is 88.8 Å². The summed E-state index contributed by atoms with van der Waals surface area (Å²) >= 11 is 0. The molecule has 1 aromatic heterocycles. The van der Waals surface area contributed by atoms with Crippen LogP contribution in [-0.4, -0.2) is 48.2 Å². The molecule has 45 heavy (non-hydrogen) atoms. The molecule has 4 aromatic carbocycles. The Balaban J connectivity index is 1.63. The molecule has 0 unspecified atom stereocenters. The zero-order chi connectivity index (χ0) is 32.2. The molecule has 230 valence electrons. The molecular formula is C36H36N4O5. The van der Waals surface area contributed by atoms with E-state index < -0.39 is 5.97 Å². The Kier molecular flexibility index (Phi) is 8.99. The smallest absolute Gasteiger partial charge is 0.335 e. The second kappa shape index (κ2) is 13.1. The molecule has 9 nitrogen and oxygen atoms in total. The van der Waals surface area contributed by atoms with E-state index in [0.29, 0.717) is 33.6 Å². The number of methoxy groups -OCH3 is 1. The number of anilines is 1. The average Bonchev–Trinajstić information content (AvgIpc) is 3.03. The quantitative estimate of drug-likeness (QED) is 0.176. The molecule has 5 rings (SSSR count). The van der Waals surface area contributed by atoms with Gasteiger partial charge in [-0.3, -0.25) is 4.79 Å². The summed E-state index contributed by atoms with van der Waals surface area (Å²) < 4.78 is 13.2. The first-order valence-corrected chi connectivity index (χ1v) is 14.6. The number of carboxylic acid groups (broad SMARTS) is 1. The fourth-order valence-corrected chi connectivity index (χ4v) is 5.08. The molecule has 0 aliphatic rings. The first-order chi connectivity index (χ1) is 21.6. The molecule has 0 saturated heterocycles. The number of benzene rings is 4. The lowest BCUT2D eigenvalue weighted by Crippen LogP contribution is -2.21. The number of aromatic nitrogens is 2. The monoisotopic (exact) mass is 604 g/mol. The van der Waals surface area contributed by atoms with Crippen LogP contribution >= 0.6 is 0 Å². The Labute approximate surface area is 262 Å². The average molecular weight is 605 g/mol. The summed E-state index contributed by atoms with van der Waals surface area (Å²) in [7, 11) is 5.51. The van der Waals surface area contributed by atoms with Gasteiger partial charge in [-0.2, -0.15) is 9.78 Å². The van der Waals surface area contributed by atoms with Gasteiger partial charge in [0, 0.05) is 37.0 Å². The summed E-state index contributed by atoms with van der Waals surface area (Å²) in [4.78, 5) is 32.3. The highest BCUT2D eigenvalue weighted by molar-refractivity contribution is 5.88. The molecule has 9 heteroatoms. The SMILES string of the molecule is COc1cc(C)c(-c2nc3ccccc3c(=O)n2N=Cc2ccc(N(C)C)cc2OCc2cccc(C(=O)O)c2)cc1C(C)C. The van der Waals surface area contributed by atoms with Gasteiger partial charge in [-0.15, -0.1) is 0 Å². The van der Waals surface area contributed by atoms with Crippen LogP contribution in [0.25, 0.3) is 22.3 Å². The Bertz CT molecular complexity index is 1980. The van der Waals surface area contributed by atoms with Crippen LogP contribution in [0.5, 0.6) is 11.5 Å². The normalized spacial score (nSPS) is 11.4. The second-order valence-corrected chi connectivity index (χ2v) is 11.3. The first kappa shape index (κ1) is 31.0. The van der Waals surface area contributed by atoms with Gasteiger partial charge in [-0.25, -0.2) is 9.78 Å². The van der Waals surface area contributed by atoms with Crippen LogP contribution in [0.1, 0.15) is 52.4 Å². The van der Waals surface area contributed by atoms with Crippen LogP contribution in [-0.2, 0) is 6.61 Å². The van der Waals surface area contributed by atoms with E-state index in [2.05, 4.69) is 13.8 Å². The number of rotatable bonds is 10. The van der Waals surface area contributed by atoms with E-state index in [4.69, 9.17) is 19.6 Å². The number of ether oxygens (including phenoxy) is 2. The van der Waals surface area contributed by atoms with Crippen molar-refractivity contribution in [2.24, 2.45) is 5.10 Å². The van der Waals surface area contributed by atoms with Gasteiger partial charge in [-0.05, 0) is 78.1 Å². The van der Waals surface area contributed by atoms with Gasteiger partial charge in [0.25, 0.3) is 5.56 Å². The number of carboxylic acids is 1. The minimum atomic E-state index is -1.00. The molecule has 0 saturated carbocycles. The van der Waals surface area contributed by atoms with Crippen molar-refractivity contribution in [3.63, 3.8) is 0 Å². The number of aromatic carboxylic acids is 1. The number of para-hydroxylation sites is 1. The fraction of sp³-hybridized carbons (Fsp3) is 0.222. The summed E-state index contributed by atoms with van der Waals surface area (Å²) in [6.45, 7) is 6.28. The van der Waals surface area contributed by atoms with Gasteiger partial charge in [0.2, 0.25) is 0 Å². The Morgan fingerprint density at radius 1 is 1.02 bits per heavy atom. The highest BCUT2D eigenvalue weighted by Crippen LogP contribution is 2.34. The van der Waals surface area contributed by atoms with Gasteiger partial charge in [0.1, 0.15) is 18.1 Å². The second-order valence-electron chi connectivity index (χ2n) is 11.3. The molecule has 1 heterocycles. The standard InChI is InChI=1S/C36H36N4O5/c1-22(2)29-19-30(23(3)16-33(29)44-6)34-38-31-13-8-7-12-28(31)35(41)40(34)37-20-26-14-15-27(39(4)5)18-32(26)45-21-24-10-9-11-25(17-24)36(42)43/h7-20,22H,21H2,1-6H3,(H,42,43). The number of hydrogen-bond acceptors (Lipinski definition) is 7. The first-order valence-electron chi connectivity index (χ1n) is 14.6. The minimum absolute atomic E-state index is 0.143. The molecule has 0 fully saturated rings. The Hall–Kier alpha value is -5.44. The van der Waals surface area contributed by atoms with Crippen molar-refractivity contribution in [1.29, 1.82) is 0 Å². The van der Waals surface area contributed by atoms with Crippen molar-refractivity contribution in [2.75, 3.05) is 26.1 Å². The maximum absolute atomic E-state index is 13.9. The minimum Gasteiger partial charge on any atom is -0.496 e. The molecule has 0 aliphatic carbocycles. The van der Waals surface area contributed by atoms with Crippen molar-refractivity contribution < 1.29 is 19.4 Å². The molecule has 0 bridgehead atoms. The van der Waals surface area contributed by atoms with E-state index in [1.165, 1.54) is 10.7 Å². The predicted octanol–water partition coefficient (Wildman–Crippen LogP) is 6.73. The van der Waals surface area contributed by atoms with Crippen LogP contribution in [0.2, 0.25) is 0 Å². The number of hydrogen-bond donors (Lipinski definition) is 1. The summed E-state index contributed by atoms with van der Waals surface area (Å²) in [6, 6.07) is 23.5. The maximum atomic E-state index is 13.9. The number of fused-ring (bicyclic) bond motifs is 1. The third-order valence-corrected chi connectivity index (χ3v) is 7.59. The molecule has 0 atom stereocenters. The molecule has 5 aromatic rings. The third-order valence-electron chi connectivity index (χ3n) is 7.59. The van der Waals surface area contributed by atoms with E-state index in [-0.39, 0.29) is 23.6 Å². The van der Waals surface area contributed by atoms with E-state index in [1.54, 1.807) is 37.6 Å². The summed E-state index contributed by atoms with van der Waals surface area (Å²) in [5.41, 5.74) is 5.38. The van der Waals surface area contributed by atoms with E-state index in [9.17, 15) is 14.7 Å². The van der Waals surface area contributed by atoms with Crippen LogP contribution in [0.3, 0.4) is 0 Å².